The average Bonchev–Trinajstić information content (AvgIpc) is 3.42. The second-order valence-corrected chi connectivity index (χ2v) is 15.8. The third kappa shape index (κ3) is 7.65. The van der Waals surface area contributed by atoms with Crippen molar-refractivity contribution in [1.29, 1.82) is 0 Å². The van der Waals surface area contributed by atoms with Crippen LogP contribution in [-0.4, -0.2) is 17.3 Å². The molecular formula is C42H60O3. The summed E-state index contributed by atoms with van der Waals surface area (Å²) < 4.78 is 0. The largest absolute Gasteiger partial charge is 0.300 e. The van der Waals surface area contributed by atoms with Crippen molar-refractivity contribution in [3.8, 4) is 0 Å². The Labute approximate surface area is 274 Å². The van der Waals surface area contributed by atoms with E-state index < -0.39 is 0 Å². The van der Waals surface area contributed by atoms with Crippen LogP contribution in [0.4, 0.5) is 0 Å². The summed E-state index contributed by atoms with van der Waals surface area (Å²) in [4.78, 5) is 38.2. The number of Topliss-reactive ketones (excluding diaryl/α,β-unsaturated/α-hetero) is 3. The van der Waals surface area contributed by atoms with Gasteiger partial charge in [-0.1, -0.05) is 76.8 Å². The highest BCUT2D eigenvalue weighted by Crippen LogP contribution is 2.59. The zero-order valence-corrected chi connectivity index (χ0v) is 29.3. The minimum absolute atomic E-state index is 0.0450. The summed E-state index contributed by atoms with van der Waals surface area (Å²) >= 11 is 0. The van der Waals surface area contributed by atoms with Crippen LogP contribution in [0.5, 0.6) is 0 Å². The number of carbonyl (C=O) groups excluding carboxylic acids is 3. The molecule has 0 saturated heterocycles. The zero-order chi connectivity index (χ0) is 32.2. The van der Waals surface area contributed by atoms with Crippen molar-refractivity contribution in [2.24, 2.45) is 47.3 Å². The first kappa shape index (κ1) is 34.1. The molecule has 0 heterocycles. The van der Waals surface area contributed by atoms with Crippen LogP contribution in [-0.2, 0) is 22.4 Å². The molecule has 3 nitrogen and oxygen atoms in total. The number of carbonyl (C=O) groups is 3. The minimum Gasteiger partial charge on any atom is -0.300 e. The monoisotopic (exact) mass is 612 g/mol. The molecule has 0 amide bonds. The molecule has 1 aromatic rings. The Balaban J connectivity index is 0.00000128. The highest BCUT2D eigenvalue weighted by Gasteiger charge is 2.49. The van der Waals surface area contributed by atoms with Crippen molar-refractivity contribution in [3.63, 3.8) is 0 Å². The summed E-state index contributed by atoms with van der Waals surface area (Å²) in [6.45, 7) is 12.2. The third-order valence-electron chi connectivity index (χ3n) is 12.1. The van der Waals surface area contributed by atoms with Gasteiger partial charge in [0, 0.05) is 17.9 Å². The van der Waals surface area contributed by atoms with E-state index >= 15 is 0 Å². The number of benzene rings is 1. The van der Waals surface area contributed by atoms with Crippen molar-refractivity contribution >= 4 is 17.3 Å². The molecule has 7 rings (SSSR count). The number of ketones is 3. The molecule has 4 fully saturated rings. The molecule has 6 aliphatic rings. The van der Waals surface area contributed by atoms with E-state index in [4.69, 9.17) is 0 Å². The van der Waals surface area contributed by atoms with Gasteiger partial charge in [0.25, 0.3) is 0 Å². The van der Waals surface area contributed by atoms with Crippen LogP contribution in [0.1, 0.15) is 145 Å². The molecule has 45 heavy (non-hydrogen) atoms. The maximum Gasteiger partial charge on any atom is 0.163 e. The second-order valence-electron chi connectivity index (χ2n) is 15.8. The van der Waals surface area contributed by atoms with Gasteiger partial charge in [0.05, 0.1) is 6.42 Å². The first-order valence-corrected chi connectivity index (χ1v) is 18.7. The molecule has 4 bridgehead atoms. The van der Waals surface area contributed by atoms with Crippen molar-refractivity contribution in [2.45, 2.75) is 138 Å². The van der Waals surface area contributed by atoms with Crippen LogP contribution < -0.4 is 0 Å². The van der Waals surface area contributed by atoms with Crippen LogP contribution in [0, 0.1) is 54.3 Å². The number of allylic oxidation sites excluding steroid dienone is 4. The molecule has 6 aliphatic carbocycles. The summed E-state index contributed by atoms with van der Waals surface area (Å²) in [6, 6.07) is 4.52. The van der Waals surface area contributed by atoms with Gasteiger partial charge in [-0.2, -0.15) is 0 Å². The van der Waals surface area contributed by atoms with Gasteiger partial charge in [-0.05, 0) is 142 Å². The Kier molecular flexibility index (Phi) is 11.4. The fourth-order valence-electron chi connectivity index (χ4n) is 10.6. The van der Waals surface area contributed by atoms with E-state index in [1.54, 1.807) is 5.57 Å². The van der Waals surface area contributed by atoms with Crippen molar-refractivity contribution in [1.82, 2.24) is 0 Å². The summed E-state index contributed by atoms with van der Waals surface area (Å²) in [6.07, 6.45) is 21.0. The van der Waals surface area contributed by atoms with Gasteiger partial charge in [0.15, 0.2) is 5.78 Å². The fourth-order valence-corrected chi connectivity index (χ4v) is 10.6. The van der Waals surface area contributed by atoms with Crippen molar-refractivity contribution in [3.05, 3.63) is 57.7 Å². The van der Waals surface area contributed by atoms with Crippen LogP contribution in [0.2, 0.25) is 0 Å². The van der Waals surface area contributed by atoms with Crippen LogP contribution in [0.15, 0.2) is 35.4 Å². The number of hydrogen-bond donors (Lipinski definition) is 0. The maximum atomic E-state index is 13.6. The third-order valence-corrected chi connectivity index (χ3v) is 12.1. The molecule has 246 valence electrons. The summed E-state index contributed by atoms with van der Waals surface area (Å²) in [5.74, 6) is 5.47. The molecule has 1 aromatic carbocycles. The van der Waals surface area contributed by atoms with Gasteiger partial charge >= 0.3 is 0 Å². The van der Waals surface area contributed by atoms with Gasteiger partial charge in [-0.3, -0.25) is 14.4 Å². The van der Waals surface area contributed by atoms with Gasteiger partial charge < -0.3 is 0 Å². The van der Waals surface area contributed by atoms with E-state index in [0.717, 1.165) is 80.1 Å². The highest BCUT2D eigenvalue weighted by molar-refractivity contribution is 6.00. The molecule has 0 aliphatic heterocycles. The van der Waals surface area contributed by atoms with Crippen LogP contribution >= 0.6 is 0 Å². The summed E-state index contributed by atoms with van der Waals surface area (Å²) in [5, 5.41) is 0. The molecule has 0 N–H and O–H groups in total. The lowest BCUT2D eigenvalue weighted by molar-refractivity contribution is -0.129. The molecular weight excluding hydrogens is 552 g/mol. The smallest absolute Gasteiger partial charge is 0.163 e. The lowest BCUT2D eigenvalue weighted by Gasteiger charge is -2.54. The molecule has 4 saturated carbocycles. The Bertz CT molecular complexity index is 1280. The van der Waals surface area contributed by atoms with Gasteiger partial charge in [-0.15, -0.1) is 0 Å². The quantitative estimate of drug-likeness (QED) is 0.221. The van der Waals surface area contributed by atoms with Crippen LogP contribution in [0.3, 0.4) is 0 Å². The van der Waals surface area contributed by atoms with Crippen molar-refractivity contribution in [2.75, 3.05) is 0 Å². The van der Waals surface area contributed by atoms with E-state index in [-0.39, 0.29) is 41.5 Å². The summed E-state index contributed by atoms with van der Waals surface area (Å²) in [7, 11) is 0. The summed E-state index contributed by atoms with van der Waals surface area (Å²) in [5.41, 5.74) is 7.84. The Morgan fingerprint density at radius 2 is 1.60 bits per heavy atom. The van der Waals surface area contributed by atoms with E-state index in [0.29, 0.717) is 6.42 Å². The Morgan fingerprint density at radius 3 is 2.20 bits per heavy atom. The SMILES string of the molecule is CCC.CCCC(CC1CC(=O)c2c(ccc(CC3=CC(C4C5CC6CC(C5)CC4C6)=CC3)c2C)C1)C(CC)C(=O)CC(C)=O. The normalized spacial score (nSPS) is 29.3. The maximum absolute atomic E-state index is 13.6. The standard InChI is InChI=1S/C39H52O3.C3H8/c1-5-7-30(35(6-2)36(41)12-23(3)40)16-28-17-31-11-10-29(24(4)38(31)37(42)22-28)14-25-8-9-32(15-25)39-33-18-26-13-27(20-33)21-34(39)19-26;1-3-2/h9-11,15,26-28,30,33-35,39H,5-8,12-14,16-22H2,1-4H3;3H2,1-2H3. The molecule has 3 heteroatoms. The van der Waals surface area contributed by atoms with Gasteiger partial charge in [0.1, 0.15) is 11.6 Å². The van der Waals surface area contributed by atoms with E-state index in [1.165, 1.54) is 67.7 Å². The van der Waals surface area contributed by atoms with Crippen molar-refractivity contribution < 1.29 is 14.4 Å². The predicted octanol–water partition coefficient (Wildman–Crippen LogP) is 10.4. The highest BCUT2D eigenvalue weighted by atomic mass is 16.1. The number of hydrogen-bond acceptors (Lipinski definition) is 3. The van der Waals surface area contributed by atoms with E-state index in [9.17, 15) is 14.4 Å². The fraction of sp³-hybridized carbons (Fsp3) is 0.690. The van der Waals surface area contributed by atoms with E-state index in [2.05, 4.69) is 58.9 Å². The Hall–Kier alpha value is -2.29. The number of rotatable bonds is 12. The molecule has 0 aromatic heterocycles. The topological polar surface area (TPSA) is 51.2 Å². The molecule has 3 unspecified atom stereocenters. The second kappa shape index (κ2) is 15.1. The predicted molar refractivity (Wildman–Crippen MR) is 185 cm³/mol. The van der Waals surface area contributed by atoms with Gasteiger partial charge in [-0.25, -0.2) is 0 Å². The lowest BCUT2D eigenvalue weighted by Crippen LogP contribution is -2.45. The van der Waals surface area contributed by atoms with E-state index in [1.807, 2.05) is 0 Å². The number of fused-ring (bicyclic) bond motifs is 1. The molecule has 0 radical (unpaired) electrons. The zero-order valence-electron chi connectivity index (χ0n) is 29.3. The molecule has 0 spiro atoms. The first-order valence-electron chi connectivity index (χ1n) is 18.7. The minimum atomic E-state index is -0.0773. The molecule has 3 atom stereocenters. The van der Waals surface area contributed by atoms with Crippen LogP contribution in [0.25, 0.3) is 0 Å². The first-order chi connectivity index (χ1) is 21.6. The van der Waals surface area contributed by atoms with Gasteiger partial charge in [0.2, 0.25) is 0 Å². The Morgan fingerprint density at radius 1 is 0.933 bits per heavy atom. The average molecular weight is 613 g/mol. The lowest BCUT2D eigenvalue weighted by atomic mass is 9.50.